The van der Waals surface area contributed by atoms with Crippen molar-refractivity contribution in [2.45, 2.75) is 0 Å². The van der Waals surface area contributed by atoms with Crippen molar-refractivity contribution in [3.05, 3.63) is 12.4 Å². The topological polar surface area (TPSA) is 88.5 Å². The molecule has 1 fully saturated rings. The van der Waals surface area contributed by atoms with E-state index in [0.29, 0.717) is 17.2 Å². The maximum absolute atomic E-state index is 5.57. The number of aromatic nitrogens is 5. The van der Waals surface area contributed by atoms with E-state index in [1.54, 1.807) is 16.9 Å². The molecule has 0 spiro atoms. The fraction of sp³-hybridized carbons (Fsp3) is 0.500. The maximum Gasteiger partial charge on any atom is 0.199 e. The van der Waals surface area contributed by atoms with Crippen molar-refractivity contribution in [3.8, 4) is 0 Å². The molecule has 0 radical (unpaired) electrons. The third-order valence-corrected chi connectivity index (χ3v) is 3.30. The number of nitrogens with two attached hydrogens (primary N) is 1. The Labute approximate surface area is 115 Å². The second-order valence-corrected chi connectivity index (χ2v) is 4.97. The number of tetrazole rings is 1. The summed E-state index contributed by atoms with van der Waals surface area (Å²) in [5.41, 5.74) is 6.22. The minimum atomic E-state index is 0.540. The Morgan fingerprint density at radius 2 is 2.05 bits per heavy atom. The van der Waals surface area contributed by atoms with E-state index in [4.69, 9.17) is 18.0 Å². The fourth-order valence-electron chi connectivity index (χ4n) is 2.23. The van der Waals surface area contributed by atoms with E-state index < -0.39 is 0 Å². The van der Waals surface area contributed by atoms with E-state index in [-0.39, 0.29) is 0 Å². The van der Waals surface area contributed by atoms with Crippen LogP contribution in [0.5, 0.6) is 0 Å². The van der Waals surface area contributed by atoms with E-state index in [1.807, 2.05) is 0 Å². The van der Waals surface area contributed by atoms with Crippen molar-refractivity contribution >= 4 is 28.7 Å². The number of nitrogens with zero attached hydrogens (tertiary/aromatic N) is 7. The van der Waals surface area contributed by atoms with Crippen LogP contribution in [0.25, 0.3) is 5.65 Å². The molecule has 3 rings (SSSR count). The summed E-state index contributed by atoms with van der Waals surface area (Å²) in [6.07, 6.45) is 3.43. The van der Waals surface area contributed by atoms with Gasteiger partial charge in [-0.3, -0.25) is 9.88 Å². The van der Waals surface area contributed by atoms with Gasteiger partial charge in [-0.1, -0.05) is 12.2 Å². The number of hydrogen-bond donors (Lipinski definition) is 1. The molecule has 19 heavy (non-hydrogen) atoms. The van der Waals surface area contributed by atoms with Crippen molar-refractivity contribution in [1.82, 2.24) is 29.9 Å². The van der Waals surface area contributed by atoms with Gasteiger partial charge in [-0.2, -0.15) is 4.52 Å². The van der Waals surface area contributed by atoms with E-state index in [9.17, 15) is 0 Å². The standard InChI is InChI=1S/C10H14N8S/c11-8(19)7-16-1-3-17(4-2-16)10-6-12-5-9-13-14-15-18(9)10/h5-6H,1-4,7H2,(H2,11,19). The van der Waals surface area contributed by atoms with Crippen molar-refractivity contribution in [2.24, 2.45) is 5.73 Å². The van der Waals surface area contributed by atoms with Crippen LogP contribution in [0.4, 0.5) is 5.82 Å². The van der Waals surface area contributed by atoms with Crippen LogP contribution in [-0.2, 0) is 0 Å². The zero-order valence-electron chi connectivity index (χ0n) is 10.3. The third-order valence-electron chi connectivity index (χ3n) is 3.17. The number of piperazine rings is 1. The molecule has 100 valence electrons. The number of hydrogen-bond acceptors (Lipinski definition) is 7. The van der Waals surface area contributed by atoms with Crippen molar-refractivity contribution in [3.63, 3.8) is 0 Å². The van der Waals surface area contributed by atoms with Gasteiger partial charge in [0, 0.05) is 32.7 Å². The molecule has 0 atom stereocenters. The fourth-order valence-corrected chi connectivity index (χ4v) is 2.42. The number of fused-ring (bicyclic) bond motifs is 1. The lowest BCUT2D eigenvalue weighted by molar-refractivity contribution is 0.291. The van der Waals surface area contributed by atoms with Crippen LogP contribution in [0.15, 0.2) is 12.4 Å². The molecule has 0 amide bonds. The molecule has 8 nitrogen and oxygen atoms in total. The molecular formula is C10H14N8S. The zero-order chi connectivity index (χ0) is 13.2. The number of thiocarbonyl (C=S) groups is 1. The first kappa shape index (κ1) is 12.2. The van der Waals surface area contributed by atoms with Gasteiger partial charge in [-0.25, -0.2) is 0 Å². The molecule has 2 aromatic heterocycles. The van der Waals surface area contributed by atoms with Crippen molar-refractivity contribution in [2.75, 3.05) is 37.6 Å². The summed E-state index contributed by atoms with van der Waals surface area (Å²) >= 11 is 4.93. The summed E-state index contributed by atoms with van der Waals surface area (Å²) in [5.74, 6) is 0.914. The molecule has 1 saturated heterocycles. The lowest BCUT2D eigenvalue weighted by Gasteiger charge is -2.35. The van der Waals surface area contributed by atoms with Crippen LogP contribution in [0.3, 0.4) is 0 Å². The van der Waals surface area contributed by atoms with Gasteiger partial charge in [0.2, 0.25) is 0 Å². The van der Waals surface area contributed by atoms with Gasteiger partial charge in [-0.05, 0) is 10.4 Å². The smallest absolute Gasteiger partial charge is 0.199 e. The Balaban J connectivity index is 1.75. The number of anilines is 1. The van der Waals surface area contributed by atoms with Gasteiger partial charge < -0.3 is 10.6 Å². The molecule has 0 saturated carbocycles. The van der Waals surface area contributed by atoms with Gasteiger partial charge >= 0.3 is 0 Å². The van der Waals surface area contributed by atoms with E-state index >= 15 is 0 Å². The first-order chi connectivity index (χ1) is 9.24. The van der Waals surface area contributed by atoms with Gasteiger partial charge in [0.1, 0.15) is 0 Å². The summed E-state index contributed by atoms with van der Waals surface area (Å²) in [5, 5.41) is 11.5. The first-order valence-corrected chi connectivity index (χ1v) is 6.42. The highest BCUT2D eigenvalue weighted by molar-refractivity contribution is 7.80. The van der Waals surface area contributed by atoms with Crippen LogP contribution in [0, 0.1) is 0 Å². The summed E-state index contributed by atoms with van der Waals surface area (Å²) in [6.45, 7) is 4.26. The predicted molar refractivity (Wildman–Crippen MR) is 74.0 cm³/mol. The van der Waals surface area contributed by atoms with Crippen LogP contribution >= 0.6 is 12.2 Å². The molecule has 0 aliphatic carbocycles. The van der Waals surface area contributed by atoms with Gasteiger partial charge in [-0.15, -0.1) is 5.10 Å². The highest BCUT2D eigenvalue weighted by atomic mass is 32.1. The van der Waals surface area contributed by atoms with E-state index in [1.165, 1.54) is 0 Å². The molecule has 2 N–H and O–H groups in total. The monoisotopic (exact) mass is 278 g/mol. The second-order valence-electron chi connectivity index (χ2n) is 4.44. The van der Waals surface area contributed by atoms with Gasteiger partial charge in [0.15, 0.2) is 11.5 Å². The Morgan fingerprint density at radius 3 is 2.79 bits per heavy atom. The number of rotatable bonds is 3. The van der Waals surface area contributed by atoms with Gasteiger partial charge in [0.25, 0.3) is 0 Å². The lowest BCUT2D eigenvalue weighted by Crippen LogP contribution is -2.49. The van der Waals surface area contributed by atoms with Gasteiger partial charge in [0.05, 0.1) is 17.4 Å². The molecule has 2 aromatic rings. The largest absolute Gasteiger partial charge is 0.392 e. The first-order valence-electron chi connectivity index (χ1n) is 6.02. The SMILES string of the molecule is NC(=S)CN1CCN(c2cncc3nnnn23)CC1. The Hall–Kier alpha value is -1.87. The highest BCUT2D eigenvalue weighted by Crippen LogP contribution is 2.15. The molecule has 3 heterocycles. The summed E-state index contributed by atoms with van der Waals surface area (Å²) in [4.78, 5) is 9.16. The Morgan fingerprint density at radius 1 is 1.26 bits per heavy atom. The molecular weight excluding hydrogens is 264 g/mol. The average Bonchev–Trinajstić information content (AvgIpc) is 2.87. The molecule has 0 unspecified atom stereocenters. The van der Waals surface area contributed by atoms with Crippen molar-refractivity contribution < 1.29 is 0 Å². The van der Waals surface area contributed by atoms with Crippen molar-refractivity contribution in [1.29, 1.82) is 0 Å². The third kappa shape index (κ3) is 2.47. The van der Waals surface area contributed by atoms with E-state index in [2.05, 4.69) is 30.3 Å². The zero-order valence-corrected chi connectivity index (χ0v) is 11.1. The minimum Gasteiger partial charge on any atom is -0.392 e. The summed E-state index contributed by atoms with van der Waals surface area (Å²) in [6, 6.07) is 0. The van der Waals surface area contributed by atoms with Crippen LogP contribution in [0.2, 0.25) is 0 Å². The van der Waals surface area contributed by atoms with E-state index in [0.717, 1.165) is 32.0 Å². The Kier molecular flexibility index (Phi) is 3.22. The minimum absolute atomic E-state index is 0.540. The normalized spacial score (nSPS) is 16.9. The summed E-state index contributed by atoms with van der Waals surface area (Å²) in [7, 11) is 0. The molecule has 0 bridgehead atoms. The quantitative estimate of drug-likeness (QED) is 0.710. The molecule has 0 aromatic carbocycles. The lowest BCUT2D eigenvalue weighted by atomic mass is 10.3. The predicted octanol–water partition coefficient (Wildman–Crippen LogP) is -1.07. The Bertz CT molecular complexity index is 588. The maximum atomic E-state index is 5.57. The van der Waals surface area contributed by atoms with Crippen LogP contribution in [-0.4, -0.2) is 67.6 Å². The van der Waals surface area contributed by atoms with Crippen LogP contribution in [0.1, 0.15) is 0 Å². The highest BCUT2D eigenvalue weighted by Gasteiger charge is 2.20. The van der Waals surface area contributed by atoms with Crippen LogP contribution < -0.4 is 10.6 Å². The molecule has 9 heteroatoms. The second kappa shape index (κ2) is 5.02. The molecule has 1 aliphatic rings. The average molecular weight is 278 g/mol. The summed E-state index contributed by atoms with van der Waals surface area (Å²) < 4.78 is 1.70. The molecule has 1 aliphatic heterocycles.